The number of carbonyl (C=O) groups excluding carboxylic acids is 2. The summed E-state index contributed by atoms with van der Waals surface area (Å²) in [5.74, 6) is 1.45. The number of aryl methyl sites for hydroxylation is 1. The van der Waals surface area contributed by atoms with Crippen LogP contribution in [0.4, 0.5) is 0 Å². The first-order chi connectivity index (χ1) is 12.5. The molecule has 0 N–H and O–H groups in total. The molecule has 0 radical (unpaired) electrons. The van der Waals surface area contributed by atoms with E-state index in [1.807, 2.05) is 30.0 Å². The zero-order chi connectivity index (χ0) is 18.3. The molecule has 1 aliphatic carbocycles. The second-order valence-corrected chi connectivity index (χ2v) is 8.66. The molecule has 5 nitrogen and oxygen atoms in total. The van der Waals surface area contributed by atoms with Crippen molar-refractivity contribution in [2.45, 2.75) is 52.5 Å². The minimum atomic E-state index is 0.184. The maximum absolute atomic E-state index is 12.5. The first-order valence-electron chi connectivity index (χ1n) is 9.95. The molecule has 26 heavy (non-hydrogen) atoms. The number of likely N-dealkylation sites (tertiary alicyclic amines) is 2. The molecule has 5 heteroatoms. The molecule has 2 saturated heterocycles. The van der Waals surface area contributed by atoms with E-state index in [1.165, 1.54) is 0 Å². The number of piperidine rings is 2. The van der Waals surface area contributed by atoms with Crippen molar-refractivity contribution < 1.29 is 9.59 Å². The third-order valence-electron chi connectivity index (χ3n) is 6.61. The maximum Gasteiger partial charge on any atom is 0.225 e. The highest BCUT2D eigenvalue weighted by molar-refractivity contribution is 5.81. The lowest BCUT2D eigenvalue weighted by atomic mass is 9.72. The Morgan fingerprint density at radius 3 is 2.65 bits per heavy atom. The molecule has 3 aliphatic rings. The summed E-state index contributed by atoms with van der Waals surface area (Å²) in [7, 11) is 0. The minimum absolute atomic E-state index is 0.184. The van der Waals surface area contributed by atoms with E-state index in [0.29, 0.717) is 24.8 Å². The molecule has 2 atom stereocenters. The van der Waals surface area contributed by atoms with Crippen LogP contribution in [0.1, 0.15) is 50.4 Å². The molecule has 3 heterocycles. The van der Waals surface area contributed by atoms with E-state index in [0.717, 1.165) is 56.7 Å². The predicted octanol–water partition coefficient (Wildman–Crippen LogP) is 2.78. The van der Waals surface area contributed by atoms with Crippen LogP contribution < -0.4 is 0 Å². The summed E-state index contributed by atoms with van der Waals surface area (Å²) in [5, 5.41) is 0. The van der Waals surface area contributed by atoms with Crippen LogP contribution in [0.3, 0.4) is 0 Å². The SMILES string of the molecule is Cc1cccc(CN2CC3(CCC2=O)CCN(C(=O)C2CC2C)CC3)n1. The van der Waals surface area contributed by atoms with Crippen molar-refractivity contribution in [3.8, 4) is 0 Å². The monoisotopic (exact) mass is 355 g/mol. The second-order valence-electron chi connectivity index (χ2n) is 8.66. The Labute approximate surface area is 155 Å². The van der Waals surface area contributed by atoms with Crippen LogP contribution in [0.25, 0.3) is 0 Å². The topological polar surface area (TPSA) is 53.5 Å². The van der Waals surface area contributed by atoms with Gasteiger partial charge in [-0.1, -0.05) is 13.0 Å². The summed E-state index contributed by atoms with van der Waals surface area (Å²) in [6.07, 6.45) is 4.69. The van der Waals surface area contributed by atoms with Gasteiger partial charge in [-0.05, 0) is 56.1 Å². The van der Waals surface area contributed by atoms with Gasteiger partial charge in [-0.2, -0.15) is 0 Å². The van der Waals surface area contributed by atoms with Gasteiger partial charge in [0.05, 0.1) is 12.2 Å². The molecule has 0 aromatic carbocycles. The first-order valence-corrected chi connectivity index (χ1v) is 9.95. The number of amides is 2. The van der Waals surface area contributed by atoms with E-state index >= 15 is 0 Å². The van der Waals surface area contributed by atoms with Gasteiger partial charge in [0, 0.05) is 37.7 Å². The fraction of sp³-hybridized carbons (Fsp3) is 0.667. The highest BCUT2D eigenvalue weighted by atomic mass is 16.2. The van der Waals surface area contributed by atoms with Gasteiger partial charge in [0.1, 0.15) is 0 Å². The van der Waals surface area contributed by atoms with E-state index in [1.54, 1.807) is 0 Å². The number of hydrogen-bond acceptors (Lipinski definition) is 3. The summed E-state index contributed by atoms with van der Waals surface area (Å²) >= 11 is 0. The van der Waals surface area contributed by atoms with Crippen molar-refractivity contribution in [3.05, 3.63) is 29.6 Å². The Morgan fingerprint density at radius 2 is 2.00 bits per heavy atom. The molecule has 1 spiro atoms. The van der Waals surface area contributed by atoms with Crippen LogP contribution in [-0.2, 0) is 16.1 Å². The molecule has 1 aromatic rings. The Bertz CT molecular complexity index is 709. The van der Waals surface area contributed by atoms with Crippen molar-refractivity contribution >= 4 is 11.8 Å². The maximum atomic E-state index is 12.5. The molecular formula is C21H29N3O2. The van der Waals surface area contributed by atoms with Gasteiger partial charge in [-0.3, -0.25) is 14.6 Å². The highest BCUT2D eigenvalue weighted by Crippen LogP contribution is 2.43. The molecule has 0 bridgehead atoms. The zero-order valence-corrected chi connectivity index (χ0v) is 15.9. The quantitative estimate of drug-likeness (QED) is 0.838. The Morgan fingerprint density at radius 1 is 1.27 bits per heavy atom. The fourth-order valence-corrected chi connectivity index (χ4v) is 4.64. The normalized spacial score (nSPS) is 27.7. The van der Waals surface area contributed by atoms with E-state index in [4.69, 9.17) is 0 Å². The number of rotatable bonds is 3. The minimum Gasteiger partial charge on any atom is -0.342 e. The van der Waals surface area contributed by atoms with Crippen molar-refractivity contribution in [3.63, 3.8) is 0 Å². The van der Waals surface area contributed by atoms with Crippen molar-refractivity contribution in [1.29, 1.82) is 0 Å². The number of hydrogen-bond donors (Lipinski definition) is 0. The van der Waals surface area contributed by atoms with Crippen LogP contribution in [0, 0.1) is 24.2 Å². The number of aromatic nitrogens is 1. The van der Waals surface area contributed by atoms with Gasteiger partial charge >= 0.3 is 0 Å². The molecule has 2 aliphatic heterocycles. The summed E-state index contributed by atoms with van der Waals surface area (Å²) in [4.78, 5) is 33.6. The molecule has 4 rings (SSSR count). The molecule has 1 saturated carbocycles. The smallest absolute Gasteiger partial charge is 0.225 e. The Hall–Kier alpha value is -1.91. The van der Waals surface area contributed by atoms with Crippen molar-refractivity contribution in [2.24, 2.45) is 17.3 Å². The lowest BCUT2D eigenvalue weighted by molar-refractivity contribution is -0.143. The van der Waals surface area contributed by atoms with Crippen LogP contribution in [-0.4, -0.2) is 46.2 Å². The van der Waals surface area contributed by atoms with Gasteiger partial charge in [-0.25, -0.2) is 0 Å². The summed E-state index contributed by atoms with van der Waals surface area (Å²) in [6.45, 7) is 7.27. The lowest BCUT2D eigenvalue weighted by Gasteiger charge is -2.47. The van der Waals surface area contributed by atoms with E-state index in [-0.39, 0.29) is 17.2 Å². The molecule has 3 fully saturated rings. The van der Waals surface area contributed by atoms with Gasteiger partial charge in [0.15, 0.2) is 0 Å². The molecule has 140 valence electrons. The number of nitrogens with zero attached hydrogens (tertiary/aromatic N) is 3. The van der Waals surface area contributed by atoms with E-state index in [2.05, 4.69) is 16.8 Å². The fourth-order valence-electron chi connectivity index (χ4n) is 4.64. The average Bonchev–Trinajstić information content (AvgIpc) is 3.35. The zero-order valence-electron chi connectivity index (χ0n) is 15.9. The lowest BCUT2D eigenvalue weighted by Crippen LogP contribution is -2.52. The van der Waals surface area contributed by atoms with Crippen LogP contribution in [0.15, 0.2) is 18.2 Å². The van der Waals surface area contributed by atoms with Crippen molar-refractivity contribution in [2.75, 3.05) is 19.6 Å². The third-order valence-corrected chi connectivity index (χ3v) is 6.61. The van der Waals surface area contributed by atoms with E-state index < -0.39 is 0 Å². The summed E-state index contributed by atoms with van der Waals surface area (Å²) < 4.78 is 0. The largest absolute Gasteiger partial charge is 0.342 e. The second kappa shape index (κ2) is 6.67. The van der Waals surface area contributed by atoms with E-state index in [9.17, 15) is 9.59 Å². The van der Waals surface area contributed by atoms with Gasteiger partial charge in [-0.15, -0.1) is 0 Å². The van der Waals surface area contributed by atoms with Gasteiger partial charge in [0.2, 0.25) is 11.8 Å². The van der Waals surface area contributed by atoms with Crippen LogP contribution >= 0.6 is 0 Å². The average molecular weight is 355 g/mol. The van der Waals surface area contributed by atoms with Crippen LogP contribution in [0.2, 0.25) is 0 Å². The van der Waals surface area contributed by atoms with Crippen molar-refractivity contribution in [1.82, 2.24) is 14.8 Å². The summed E-state index contributed by atoms with van der Waals surface area (Å²) in [6, 6.07) is 5.99. The molecule has 1 aromatic heterocycles. The molecule has 2 unspecified atom stereocenters. The number of carbonyl (C=O) groups is 2. The standard InChI is InChI=1S/C21H29N3O2/c1-15-12-18(15)20(26)23-10-8-21(9-11-23)7-6-19(25)24(14-21)13-17-5-3-4-16(2)22-17/h3-5,15,18H,6-14H2,1-2H3. The molecule has 2 amide bonds. The molecular weight excluding hydrogens is 326 g/mol. The Kier molecular flexibility index (Phi) is 4.49. The van der Waals surface area contributed by atoms with Gasteiger partial charge in [0.25, 0.3) is 0 Å². The van der Waals surface area contributed by atoms with Crippen LogP contribution in [0.5, 0.6) is 0 Å². The third kappa shape index (κ3) is 3.49. The Balaban J connectivity index is 1.38. The number of pyridine rings is 1. The van der Waals surface area contributed by atoms with Gasteiger partial charge < -0.3 is 9.80 Å². The predicted molar refractivity (Wildman–Crippen MR) is 99.1 cm³/mol. The highest BCUT2D eigenvalue weighted by Gasteiger charge is 2.45. The summed E-state index contributed by atoms with van der Waals surface area (Å²) in [5.41, 5.74) is 2.14. The first kappa shape index (κ1) is 17.5.